The fourth-order valence-corrected chi connectivity index (χ4v) is 3.40. The van der Waals surface area contributed by atoms with Gasteiger partial charge in [0.1, 0.15) is 5.75 Å². The van der Waals surface area contributed by atoms with Crippen molar-refractivity contribution >= 4 is 22.3 Å². The molecule has 0 saturated heterocycles. The van der Waals surface area contributed by atoms with Crippen LogP contribution in [0.2, 0.25) is 0 Å². The van der Waals surface area contributed by atoms with Crippen LogP contribution in [0.15, 0.2) is 61.2 Å². The molecule has 28 heavy (non-hydrogen) atoms. The average Bonchev–Trinajstić information content (AvgIpc) is 2.72. The predicted octanol–water partition coefficient (Wildman–Crippen LogP) is 6.66. The van der Waals surface area contributed by atoms with E-state index >= 15 is 0 Å². The number of rotatable bonds is 7. The topological polar surface area (TPSA) is 46.5 Å². The van der Waals surface area contributed by atoms with Gasteiger partial charge in [-0.2, -0.15) is 0 Å². The Kier molecular flexibility index (Phi) is 5.84. The third kappa shape index (κ3) is 4.09. The second-order valence-electron chi connectivity index (χ2n) is 7.32. The number of allylic oxidation sites excluding steroid dienone is 1. The molecule has 0 aromatic heterocycles. The van der Waals surface area contributed by atoms with Gasteiger partial charge in [-0.1, -0.05) is 51.1 Å². The van der Waals surface area contributed by atoms with Crippen LogP contribution in [-0.2, 0) is 0 Å². The molecule has 3 nitrogen and oxygen atoms in total. The van der Waals surface area contributed by atoms with Gasteiger partial charge in [-0.05, 0) is 70.1 Å². The van der Waals surface area contributed by atoms with Crippen molar-refractivity contribution in [2.45, 2.75) is 26.7 Å². The molecule has 0 heterocycles. The first-order chi connectivity index (χ1) is 13.4. The summed E-state index contributed by atoms with van der Waals surface area (Å²) < 4.78 is 5.56. The summed E-state index contributed by atoms with van der Waals surface area (Å²) in [6, 6.07) is 17.5. The van der Waals surface area contributed by atoms with Crippen LogP contribution in [0, 0.1) is 5.92 Å². The third-order valence-corrected chi connectivity index (χ3v) is 5.29. The number of methoxy groups -OCH3 is 1. The molecule has 0 aliphatic heterocycles. The van der Waals surface area contributed by atoms with Crippen LogP contribution < -0.4 is 4.74 Å². The highest BCUT2D eigenvalue weighted by molar-refractivity contribution is 5.95. The van der Waals surface area contributed by atoms with Crippen molar-refractivity contribution in [2.75, 3.05) is 7.11 Å². The van der Waals surface area contributed by atoms with Crippen molar-refractivity contribution in [1.29, 1.82) is 0 Å². The van der Waals surface area contributed by atoms with Crippen molar-refractivity contribution in [3.8, 4) is 16.9 Å². The SMILES string of the molecule is C=C(CC(C)CC)c1cc(-c2ccc3cc(C(=O)O)ccc3c2)ccc1OC. The van der Waals surface area contributed by atoms with Crippen molar-refractivity contribution in [1.82, 2.24) is 0 Å². The zero-order valence-electron chi connectivity index (χ0n) is 16.7. The maximum Gasteiger partial charge on any atom is 0.335 e. The molecule has 3 heteroatoms. The summed E-state index contributed by atoms with van der Waals surface area (Å²) in [4.78, 5) is 11.2. The minimum Gasteiger partial charge on any atom is -0.496 e. The Morgan fingerprint density at radius 1 is 1.04 bits per heavy atom. The summed E-state index contributed by atoms with van der Waals surface area (Å²) >= 11 is 0. The molecule has 0 fully saturated rings. The first-order valence-corrected chi connectivity index (χ1v) is 9.56. The summed E-state index contributed by atoms with van der Waals surface area (Å²) in [5.41, 5.74) is 4.59. The maximum atomic E-state index is 11.2. The molecular weight excluding hydrogens is 348 g/mol. The zero-order chi connectivity index (χ0) is 20.3. The van der Waals surface area contributed by atoms with Crippen molar-refractivity contribution in [2.24, 2.45) is 5.92 Å². The molecule has 0 saturated carbocycles. The normalized spacial score (nSPS) is 12.0. The fraction of sp³-hybridized carbons (Fsp3) is 0.240. The molecule has 0 aliphatic rings. The quantitative estimate of drug-likeness (QED) is 0.503. The Morgan fingerprint density at radius 3 is 2.36 bits per heavy atom. The minimum absolute atomic E-state index is 0.299. The number of carboxylic acids is 1. The first kappa shape index (κ1) is 19.7. The average molecular weight is 374 g/mol. The summed E-state index contributed by atoms with van der Waals surface area (Å²) in [6.45, 7) is 8.72. The molecule has 0 aliphatic carbocycles. The molecule has 1 unspecified atom stereocenters. The summed E-state index contributed by atoms with van der Waals surface area (Å²) in [5, 5.41) is 11.1. The van der Waals surface area contributed by atoms with Gasteiger partial charge >= 0.3 is 5.97 Å². The van der Waals surface area contributed by atoms with E-state index in [1.165, 1.54) is 0 Å². The van der Waals surface area contributed by atoms with E-state index in [-0.39, 0.29) is 0 Å². The number of hydrogen-bond acceptors (Lipinski definition) is 2. The Morgan fingerprint density at radius 2 is 1.68 bits per heavy atom. The first-order valence-electron chi connectivity index (χ1n) is 9.56. The molecule has 0 radical (unpaired) electrons. The van der Waals surface area contributed by atoms with Gasteiger partial charge in [0.05, 0.1) is 12.7 Å². The number of carbonyl (C=O) groups is 1. The van der Waals surface area contributed by atoms with E-state index in [0.717, 1.165) is 51.6 Å². The zero-order valence-corrected chi connectivity index (χ0v) is 16.7. The number of ether oxygens (including phenoxy) is 1. The lowest BCUT2D eigenvalue weighted by atomic mass is 9.92. The largest absolute Gasteiger partial charge is 0.496 e. The molecule has 1 N–H and O–H groups in total. The summed E-state index contributed by atoms with van der Waals surface area (Å²) in [6.07, 6.45) is 2.05. The monoisotopic (exact) mass is 374 g/mol. The minimum atomic E-state index is -0.911. The van der Waals surface area contributed by atoms with E-state index in [1.54, 1.807) is 19.2 Å². The van der Waals surface area contributed by atoms with E-state index in [4.69, 9.17) is 9.84 Å². The second kappa shape index (κ2) is 8.30. The van der Waals surface area contributed by atoms with Crippen LogP contribution in [0.1, 0.15) is 42.6 Å². The second-order valence-corrected chi connectivity index (χ2v) is 7.32. The van der Waals surface area contributed by atoms with Gasteiger partial charge in [0.2, 0.25) is 0 Å². The molecule has 0 bridgehead atoms. The van der Waals surface area contributed by atoms with Gasteiger partial charge < -0.3 is 9.84 Å². The standard InChI is InChI=1S/C25H26O3/c1-5-16(2)12-17(3)23-15-21(10-11-24(23)28-4)19-6-7-20-14-22(25(26)27)9-8-18(20)13-19/h6-11,13-16H,3,5,12H2,1-2,4H3,(H,26,27). The molecule has 3 aromatic rings. The number of benzene rings is 3. The Labute approximate surface area is 166 Å². The fourth-order valence-electron chi connectivity index (χ4n) is 3.40. The highest BCUT2D eigenvalue weighted by Gasteiger charge is 2.12. The summed E-state index contributed by atoms with van der Waals surface area (Å²) in [7, 11) is 1.69. The molecule has 0 spiro atoms. The highest BCUT2D eigenvalue weighted by atomic mass is 16.5. The van der Waals surface area contributed by atoms with Gasteiger partial charge in [-0.25, -0.2) is 4.79 Å². The van der Waals surface area contributed by atoms with Gasteiger partial charge in [0.15, 0.2) is 0 Å². The van der Waals surface area contributed by atoms with Crippen LogP contribution in [0.25, 0.3) is 27.5 Å². The van der Waals surface area contributed by atoms with E-state index in [1.807, 2.05) is 30.3 Å². The van der Waals surface area contributed by atoms with Crippen LogP contribution in [0.4, 0.5) is 0 Å². The Hall–Kier alpha value is -3.07. The smallest absolute Gasteiger partial charge is 0.335 e. The van der Waals surface area contributed by atoms with Crippen molar-refractivity contribution < 1.29 is 14.6 Å². The van der Waals surface area contributed by atoms with Crippen molar-refractivity contribution in [3.63, 3.8) is 0 Å². The number of fused-ring (bicyclic) bond motifs is 1. The number of hydrogen-bond donors (Lipinski definition) is 1. The van der Waals surface area contributed by atoms with Crippen LogP contribution >= 0.6 is 0 Å². The molecule has 144 valence electrons. The van der Waals surface area contributed by atoms with Gasteiger partial charge in [0.25, 0.3) is 0 Å². The van der Waals surface area contributed by atoms with E-state index in [2.05, 4.69) is 32.6 Å². The lowest BCUT2D eigenvalue weighted by molar-refractivity contribution is 0.0697. The van der Waals surface area contributed by atoms with Crippen LogP contribution in [-0.4, -0.2) is 18.2 Å². The Bertz CT molecular complexity index is 1030. The van der Waals surface area contributed by atoms with E-state index in [9.17, 15) is 4.79 Å². The number of carboxylic acid groups (broad SMARTS) is 1. The lowest BCUT2D eigenvalue weighted by Gasteiger charge is -2.16. The van der Waals surface area contributed by atoms with Crippen LogP contribution in [0.5, 0.6) is 5.75 Å². The third-order valence-electron chi connectivity index (χ3n) is 5.29. The molecular formula is C25H26O3. The van der Waals surface area contributed by atoms with E-state index in [0.29, 0.717) is 11.5 Å². The maximum absolute atomic E-state index is 11.2. The van der Waals surface area contributed by atoms with Crippen LogP contribution in [0.3, 0.4) is 0 Å². The van der Waals surface area contributed by atoms with Gasteiger partial charge in [-0.15, -0.1) is 0 Å². The van der Waals surface area contributed by atoms with E-state index < -0.39 is 5.97 Å². The highest BCUT2D eigenvalue weighted by Crippen LogP contribution is 2.34. The summed E-state index contributed by atoms with van der Waals surface area (Å²) in [5.74, 6) is 0.500. The lowest BCUT2D eigenvalue weighted by Crippen LogP contribution is -1.97. The number of aromatic carboxylic acids is 1. The van der Waals surface area contributed by atoms with Gasteiger partial charge in [-0.3, -0.25) is 0 Å². The van der Waals surface area contributed by atoms with Crippen molar-refractivity contribution in [3.05, 3.63) is 72.3 Å². The molecule has 0 amide bonds. The Balaban J connectivity index is 2.01. The predicted molar refractivity (Wildman–Crippen MR) is 116 cm³/mol. The molecule has 1 atom stereocenters. The van der Waals surface area contributed by atoms with Gasteiger partial charge in [0, 0.05) is 5.56 Å². The molecule has 3 aromatic carbocycles. The molecule has 3 rings (SSSR count).